The Morgan fingerprint density at radius 3 is 2.57 bits per heavy atom. The van der Waals surface area contributed by atoms with Gasteiger partial charge in [-0.05, 0) is 62.6 Å². The maximum Gasteiger partial charge on any atom is 0.434 e. The van der Waals surface area contributed by atoms with Crippen molar-refractivity contribution in [2.45, 2.75) is 70.7 Å². The largest absolute Gasteiger partial charge is 0.488 e. The van der Waals surface area contributed by atoms with Gasteiger partial charge >= 0.3 is 12.1 Å². The van der Waals surface area contributed by atoms with Gasteiger partial charge in [-0.15, -0.1) is 24.5 Å². The Kier molecular flexibility index (Phi) is 10.5. The maximum atomic E-state index is 14.0. The fourth-order valence-electron chi connectivity index (χ4n) is 6.53. The Bertz CT molecular complexity index is 1770. The first-order valence-electron chi connectivity index (χ1n) is 16.2. The summed E-state index contributed by atoms with van der Waals surface area (Å²) in [7, 11) is 2.99. The van der Waals surface area contributed by atoms with Crippen molar-refractivity contribution in [3.05, 3.63) is 65.7 Å². The molecule has 3 heterocycles. The van der Waals surface area contributed by atoms with Crippen LogP contribution in [-0.2, 0) is 25.3 Å². The van der Waals surface area contributed by atoms with Crippen LogP contribution in [0, 0.1) is 25.2 Å². The quantitative estimate of drug-likeness (QED) is 0.109. The van der Waals surface area contributed by atoms with E-state index < -0.39 is 35.4 Å². The van der Waals surface area contributed by atoms with Crippen LogP contribution in [0.5, 0.6) is 5.75 Å². The molecule has 0 spiro atoms. The molecule has 2 aromatic heterocycles. The predicted molar refractivity (Wildman–Crippen MR) is 181 cm³/mol. The number of fused-ring (bicyclic) bond motifs is 1. The average Bonchev–Trinajstić information content (AvgIpc) is 3.37. The van der Waals surface area contributed by atoms with Crippen molar-refractivity contribution in [2.24, 2.45) is 11.3 Å². The summed E-state index contributed by atoms with van der Waals surface area (Å²) in [6.45, 7) is 11.9. The molecule has 3 aromatic rings. The van der Waals surface area contributed by atoms with Crippen molar-refractivity contribution in [2.75, 3.05) is 27.2 Å². The lowest BCUT2D eigenvalue weighted by Gasteiger charge is -2.29. The summed E-state index contributed by atoms with van der Waals surface area (Å²) in [5, 5.41) is 1.68. The number of nitrogens with zero attached hydrogens (tertiary/aromatic N) is 4. The van der Waals surface area contributed by atoms with Crippen LogP contribution in [0.4, 0.5) is 13.2 Å². The minimum atomic E-state index is -4.60. The molecule has 0 radical (unpaired) electrons. The number of ether oxygens (including phenoxy) is 2. The molecule has 0 unspecified atom stereocenters. The summed E-state index contributed by atoms with van der Waals surface area (Å²) >= 11 is 0.836. The molecule has 2 aliphatic rings. The average molecular weight is 699 g/mol. The molecule has 0 N–H and O–H groups in total. The summed E-state index contributed by atoms with van der Waals surface area (Å²) < 4.78 is 51.8. The zero-order chi connectivity index (χ0) is 35.7. The molecule has 49 heavy (non-hydrogen) atoms. The summed E-state index contributed by atoms with van der Waals surface area (Å²) in [4.78, 5) is 52.2. The summed E-state index contributed by atoms with van der Waals surface area (Å²) in [6, 6.07) is 4.47. The second-order valence-electron chi connectivity index (χ2n) is 12.9. The van der Waals surface area contributed by atoms with Gasteiger partial charge < -0.3 is 19.3 Å². The molecule has 262 valence electrons. The molecule has 0 bridgehead atoms. The number of carbonyl (C=O) groups is 3. The van der Waals surface area contributed by atoms with Crippen molar-refractivity contribution in [1.29, 1.82) is 0 Å². The number of methoxy groups -OCH3 is 1. The molecule has 5 rings (SSSR count). The van der Waals surface area contributed by atoms with E-state index >= 15 is 0 Å². The molecule has 1 saturated carbocycles. The number of carbonyl (C=O) groups excluding carboxylic acids is 3. The van der Waals surface area contributed by atoms with Crippen LogP contribution < -0.4 is 4.74 Å². The molecule has 13 heteroatoms. The molecule has 4 atom stereocenters. The van der Waals surface area contributed by atoms with Gasteiger partial charge in [-0.2, -0.15) is 13.2 Å². The smallest absolute Gasteiger partial charge is 0.434 e. The van der Waals surface area contributed by atoms with Crippen LogP contribution in [0.3, 0.4) is 0 Å². The number of amides is 2. The van der Waals surface area contributed by atoms with E-state index in [4.69, 9.17) is 14.5 Å². The zero-order valence-electron chi connectivity index (χ0n) is 28.1. The minimum Gasteiger partial charge on any atom is -0.488 e. The molecule has 9 nitrogen and oxygen atoms in total. The monoisotopic (exact) mass is 698 g/mol. The highest BCUT2D eigenvalue weighted by Crippen LogP contribution is 2.57. The van der Waals surface area contributed by atoms with Gasteiger partial charge in [0.15, 0.2) is 5.69 Å². The number of thiazole rings is 1. The van der Waals surface area contributed by atoms with Crippen molar-refractivity contribution in [1.82, 2.24) is 19.8 Å². The first-order chi connectivity index (χ1) is 23.2. The second-order valence-corrected chi connectivity index (χ2v) is 13.8. The van der Waals surface area contributed by atoms with Gasteiger partial charge in [0, 0.05) is 43.3 Å². The molecule has 1 aromatic carbocycles. The van der Waals surface area contributed by atoms with E-state index in [-0.39, 0.29) is 47.8 Å². The van der Waals surface area contributed by atoms with Crippen molar-refractivity contribution in [3.8, 4) is 16.5 Å². The van der Waals surface area contributed by atoms with Gasteiger partial charge in [0.2, 0.25) is 11.8 Å². The van der Waals surface area contributed by atoms with E-state index in [2.05, 4.69) is 18.1 Å². The molecular formula is C36H41F3N4O5S. The second kappa shape index (κ2) is 14.3. The number of halogens is 3. The maximum absolute atomic E-state index is 14.0. The highest BCUT2D eigenvalue weighted by molar-refractivity contribution is 7.13. The van der Waals surface area contributed by atoms with Crippen LogP contribution in [0.25, 0.3) is 21.6 Å². The van der Waals surface area contributed by atoms with E-state index in [1.54, 1.807) is 24.1 Å². The highest BCUT2D eigenvalue weighted by Gasteiger charge is 2.61. The lowest BCUT2D eigenvalue weighted by atomic mass is 9.98. The minimum absolute atomic E-state index is 0.0645. The Labute approximate surface area is 287 Å². The topological polar surface area (TPSA) is 102 Å². The van der Waals surface area contributed by atoms with Crippen molar-refractivity contribution >= 4 is 40.0 Å². The standard InChI is InChI=1S/C36H41F3N4O5S/c1-7-9-10-11-14-42(5)33(45)27-15-24(19-43(27)30(44)18-35(34(46)47-6)17-23(35)8-2)48-28-16-26(32-41-29(20-49-32)36(37,38)39)40-31-22(4)21(3)12-13-25(28)31/h7-8,12-13,16,20,23-24,27H,1-2,9-11,14-15,17-19H2,3-6H3/t23-,24+,27+,35-/m1/s1. The van der Waals surface area contributed by atoms with E-state index in [9.17, 15) is 27.6 Å². The first-order valence-corrected chi connectivity index (χ1v) is 17.1. The van der Waals surface area contributed by atoms with Crippen molar-refractivity contribution in [3.63, 3.8) is 0 Å². The summed E-state index contributed by atoms with van der Waals surface area (Å²) in [5.74, 6) is -0.950. The van der Waals surface area contributed by atoms with Gasteiger partial charge in [-0.1, -0.05) is 18.2 Å². The number of esters is 1. The molecular weight excluding hydrogens is 657 g/mol. The summed E-state index contributed by atoms with van der Waals surface area (Å²) in [5.41, 5.74) is 0.523. The Morgan fingerprint density at radius 1 is 1.18 bits per heavy atom. The SMILES string of the molecule is C=CCCCCN(C)C(=O)[C@@H]1C[C@H](Oc2cc(-c3nc(C(F)(F)F)cs3)nc3c(C)c(C)ccc23)CN1C(=O)C[C@]1(C(=O)OC)C[C@H]1C=C. The number of rotatable bonds is 13. The highest BCUT2D eigenvalue weighted by atomic mass is 32.1. The fourth-order valence-corrected chi connectivity index (χ4v) is 7.31. The van der Waals surface area contributed by atoms with Crippen LogP contribution in [0.2, 0.25) is 0 Å². The first kappa shape index (κ1) is 36.0. The van der Waals surface area contributed by atoms with Gasteiger partial charge in [-0.3, -0.25) is 14.4 Å². The lowest BCUT2D eigenvalue weighted by molar-refractivity contribution is -0.152. The van der Waals surface area contributed by atoms with Crippen LogP contribution in [0.15, 0.2) is 48.9 Å². The number of hydrogen-bond donors (Lipinski definition) is 0. The third-order valence-corrected chi connectivity index (χ3v) is 10.5. The van der Waals surface area contributed by atoms with Crippen molar-refractivity contribution < 1.29 is 37.0 Å². The van der Waals surface area contributed by atoms with Gasteiger partial charge in [0.25, 0.3) is 0 Å². The Hall–Kier alpha value is -4.26. The van der Waals surface area contributed by atoms with E-state index in [0.717, 1.165) is 47.1 Å². The van der Waals surface area contributed by atoms with E-state index in [1.165, 1.54) is 12.0 Å². The fraction of sp³-hybridized carbons (Fsp3) is 0.472. The number of likely N-dealkylation sites (tertiary alicyclic amines) is 1. The van der Waals surface area contributed by atoms with E-state index in [1.807, 2.05) is 32.1 Å². The number of aryl methyl sites for hydroxylation is 2. The molecule has 1 aliphatic carbocycles. The van der Waals surface area contributed by atoms with Crippen LogP contribution in [0.1, 0.15) is 55.3 Å². The number of aromatic nitrogens is 2. The van der Waals surface area contributed by atoms with Gasteiger partial charge in [-0.25, -0.2) is 9.97 Å². The van der Waals surface area contributed by atoms with Crippen LogP contribution in [-0.4, -0.2) is 76.9 Å². The number of unbranched alkanes of at least 4 members (excludes halogenated alkanes) is 2. The van der Waals surface area contributed by atoms with Gasteiger partial charge in [0.05, 0.1) is 24.6 Å². The summed E-state index contributed by atoms with van der Waals surface area (Å²) in [6.07, 6.45) is 1.16. The number of alkyl halides is 3. The number of hydrogen-bond acceptors (Lipinski definition) is 8. The normalized spacial score (nSPS) is 21.8. The molecule has 1 aliphatic heterocycles. The van der Waals surface area contributed by atoms with E-state index in [0.29, 0.717) is 29.6 Å². The predicted octanol–water partition coefficient (Wildman–Crippen LogP) is 6.91. The number of pyridine rings is 1. The molecule has 2 fully saturated rings. The zero-order valence-corrected chi connectivity index (χ0v) is 29.0. The third kappa shape index (κ3) is 7.36. The lowest BCUT2D eigenvalue weighted by Crippen LogP contribution is -2.47. The number of allylic oxidation sites excluding steroid dienone is 2. The third-order valence-electron chi connectivity index (χ3n) is 9.65. The Balaban J connectivity index is 1.47. The number of benzene rings is 1. The van der Waals surface area contributed by atoms with Crippen LogP contribution >= 0.6 is 11.3 Å². The molecule has 1 saturated heterocycles. The molecule has 2 amide bonds. The Morgan fingerprint density at radius 2 is 1.94 bits per heavy atom. The number of likely N-dealkylation sites (N-methyl/N-ethyl adjacent to an activating group) is 1. The van der Waals surface area contributed by atoms with Gasteiger partial charge in [0.1, 0.15) is 28.6 Å².